The van der Waals surface area contributed by atoms with Gasteiger partial charge >= 0.3 is 6.09 Å². The molecule has 0 bridgehead atoms. The van der Waals surface area contributed by atoms with Crippen LogP contribution in [0.1, 0.15) is 42.4 Å². The second kappa shape index (κ2) is 11.0. The van der Waals surface area contributed by atoms with Crippen LogP contribution < -0.4 is 0 Å². The first-order valence-electron chi connectivity index (χ1n) is 10.9. The van der Waals surface area contributed by atoms with E-state index in [1.807, 2.05) is 6.92 Å². The predicted molar refractivity (Wildman–Crippen MR) is 111 cm³/mol. The Morgan fingerprint density at radius 3 is 2.52 bits per heavy atom. The van der Waals surface area contributed by atoms with Crippen LogP contribution in [-0.2, 0) is 14.3 Å². The summed E-state index contributed by atoms with van der Waals surface area (Å²) in [6.07, 6.45) is 4.74. The minimum atomic E-state index is -0.345. The van der Waals surface area contributed by atoms with Crippen molar-refractivity contribution in [2.45, 2.75) is 39.2 Å². The molecule has 0 aromatic carbocycles. The summed E-state index contributed by atoms with van der Waals surface area (Å²) >= 11 is 0. The Morgan fingerprint density at radius 1 is 1.16 bits per heavy atom. The quantitative estimate of drug-likeness (QED) is 0.634. The average Bonchev–Trinajstić information content (AvgIpc) is 3.30. The van der Waals surface area contributed by atoms with Gasteiger partial charge in [-0.2, -0.15) is 0 Å². The molecule has 0 saturated carbocycles. The number of nitrogens with zero attached hydrogens (tertiary/aromatic N) is 5. The molecule has 1 atom stereocenters. The van der Waals surface area contributed by atoms with E-state index < -0.39 is 0 Å². The normalized spacial score (nSPS) is 18.7. The summed E-state index contributed by atoms with van der Waals surface area (Å²) in [5, 5.41) is 0. The summed E-state index contributed by atoms with van der Waals surface area (Å²) in [6.45, 7) is 7.13. The van der Waals surface area contributed by atoms with Crippen molar-refractivity contribution in [3.05, 3.63) is 23.8 Å². The molecule has 170 valence electrons. The number of aromatic nitrogens is 2. The Kier molecular flexibility index (Phi) is 8.16. The lowest BCUT2D eigenvalue weighted by Gasteiger charge is -2.34. The molecule has 10 nitrogen and oxygen atoms in total. The molecule has 3 amide bonds. The van der Waals surface area contributed by atoms with E-state index in [0.29, 0.717) is 45.9 Å². The smallest absolute Gasteiger partial charge is 0.409 e. The first kappa shape index (κ1) is 22.9. The Balaban J connectivity index is 1.55. The molecule has 0 N–H and O–H groups in total. The van der Waals surface area contributed by atoms with E-state index >= 15 is 0 Å². The Morgan fingerprint density at radius 2 is 1.90 bits per heavy atom. The molecule has 0 aliphatic carbocycles. The molecule has 3 rings (SSSR count). The van der Waals surface area contributed by atoms with Crippen molar-refractivity contribution < 1.29 is 23.9 Å². The highest BCUT2D eigenvalue weighted by Crippen LogP contribution is 2.15. The molecule has 1 aromatic rings. The monoisotopic (exact) mass is 433 g/mol. The van der Waals surface area contributed by atoms with Gasteiger partial charge in [0.15, 0.2) is 0 Å². The highest BCUT2D eigenvalue weighted by atomic mass is 16.6. The van der Waals surface area contributed by atoms with Crippen molar-refractivity contribution in [1.82, 2.24) is 24.7 Å². The van der Waals surface area contributed by atoms with Crippen molar-refractivity contribution in [3.63, 3.8) is 0 Å². The molecule has 2 aliphatic heterocycles. The number of carbonyl (C=O) groups is 3. The number of rotatable bonds is 7. The maximum atomic E-state index is 13.0. The summed E-state index contributed by atoms with van der Waals surface area (Å²) in [5.74, 6) is -0.286. The lowest BCUT2D eigenvalue weighted by Crippen LogP contribution is -2.51. The maximum Gasteiger partial charge on any atom is 0.409 e. The molecule has 0 radical (unpaired) electrons. The van der Waals surface area contributed by atoms with Crippen molar-refractivity contribution in [2.75, 3.05) is 52.5 Å². The molecular weight excluding hydrogens is 402 g/mol. The van der Waals surface area contributed by atoms with Gasteiger partial charge in [-0.05, 0) is 26.7 Å². The van der Waals surface area contributed by atoms with E-state index in [-0.39, 0.29) is 42.7 Å². The molecule has 31 heavy (non-hydrogen) atoms. The second-order valence-electron chi connectivity index (χ2n) is 7.75. The fourth-order valence-corrected chi connectivity index (χ4v) is 3.72. The van der Waals surface area contributed by atoms with E-state index in [4.69, 9.17) is 9.47 Å². The number of piperazine rings is 1. The van der Waals surface area contributed by atoms with Gasteiger partial charge in [0, 0.05) is 58.5 Å². The van der Waals surface area contributed by atoms with Gasteiger partial charge in [0.2, 0.25) is 5.91 Å². The molecule has 1 aromatic heterocycles. The third-order valence-electron chi connectivity index (χ3n) is 5.49. The summed E-state index contributed by atoms with van der Waals surface area (Å²) in [4.78, 5) is 50.9. The van der Waals surface area contributed by atoms with Crippen LogP contribution in [0.25, 0.3) is 0 Å². The predicted octanol–water partition coefficient (Wildman–Crippen LogP) is 1.10. The number of ether oxygens (including phenoxy) is 2. The van der Waals surface area contributed by atoms with Gasteiger partial charge in [0.05, 0.1) is 24.6 Å². The standard InChI is InChI=1S/C21H31N5O5/c1-3-30-21(29)25-10-8-24(9-11-25)19(27)6-7-26(15-17-5-4-12-31-17)20(28)18-14-22-16(2)13-23-18/h13-14,17H,3-12,15H2,1-2H3. The largest absolute Gasteiger partial charge is 0.450 e. The lowest BCUT2D eigenvalue weighted by atomic mass is 10.2. The van der Waals surface area contributed by atoms with Crippen LogP contribution in [-0.4, -0.2) is 101 Å². The highest BCUT2D eigenvalue weighted by molar-refractivity contribution is 5.92. The minimum absolute atomic E-state index is 0.0226. The van der Waals surface area contributed by atoms with Crippen molar-refractivity contribution in [3.8, 4) is 0 Å². The van der Waals surface area contributed by atoms with Crippen LogP contribution in [0.15, 0.2) is 12.4 Å². The number of aryl methyl sites for hydroxylation is 1. The van der Waals surface area contributed by atoms with Crippen molar-refractivity contribution in [2.24, 2.45) is 0 Å². The van der Waals surface area contributed by atoms with Crippen LogP contribution in [0.3, 0.4) is 0 Å². The van der Waals surface area contributed by atoms with Crippen LogP contribution >= 0.6 is 0 Å². The van der Waals surface area contributed by atoms with E-state index in [0.717, 1.165) is 18.5 Å². The minimum Gasteiger partial charge on any atom is -0.450 e. The van der Waals surface area contributed by atoms with Gasteiger partial charge in [-0.3, -0.25) is 14.6 Å². The number of carbonyl (C=O) groups excluding carboxylic acids is 3. The first-order chi connectivity index (χ1) is 15.0. The Hall–Kier alpha value is -2.75. The molecule has 2 fully saturated rings. The molecule has 3 heterocycles. The zero-order chi connectivity index (χ0) is 22.2. The van der Waals surface area contributed by atoms with Crippen LogP contribution in [0.4, 0.5) is 4.79 Å². The molecule has 1 unspecified atom stereocenters. The van der Waals surface area contributed by atoms with Gasteiger partial charge in [0.1, 0.15) is 5.69 Å². The Bertz CT molecular complexity index is 758. The summed E-state index contributed by atoms with van der Waals surface area (Å²) in [7, 11) is 0. The number of amides is 3. The van der Waals surface area contributed by atoms with Crippen molar-refractivity contribution in [1.29, 1.82) is 0 Å². The van der Waals surface area contributed by atoms with Crippen molar-refractivity contribution >= 4 is 17.9 Å². The van der Waals surface area contributed by atoms with E-state index in [1.54, 1.807) is 27.8 Å². The first-order valence-corrected chi connectivity index (χ1v) is 10.9. The SMILES string of the molecule is CCOC(=O)N1CCN(C(=O)CCN(CC2CCCO2)C(=O)c2cnc(C)cn2)CC1. The van der Waals surface area contributed by atoms with Gasteiger partial charge in [-0.1, -0.05) is 0 Å². The summed E-state index contributed by atoms with van der Waals surface area (Å²) in [6, 6.07) is 0. The molecule has 10 heteroatoms. The van der Waals surface area contributed by atoms with Crippen LogP contribution in [0.2, 0.25) is 0 Å². The highest BCUT2D eigenvalue weighted by Gasteiger charge is 2.28. The zero-order valence-corrected chi connectivity index (χ0v) is 18.3. The molecular formula is C21H31N5O5. The van der Waals surface area contributed by atoms with E-state index in [1.165, 1.54) is 6.20 Å². The molecule has 2 aliphatic rings. The summed E-state index contributed by atoms with van der Waals surface area (Å²) < 4.78 is 10.7. The van der Waals surface area contributed by atoms with Gasteiger partial charge in [0.25, 0.3) is 5.91 Å². The number of hydrogen-bond acceptors (Lipinski definition) is 7. The topological polar surface area (TPSA) is 105 Å². The van der Waals surface area contributed by atoms with E-state index in [2.05, 4.69) is 9.97 Å². The van der Waals surface area contributed by atoms with Gasteiger partial charge in [-0.25, -0.2) is 9.78 Å². The second-order valence-corrected chi connectivity index (χ2v) is 7.75. The lowest BCUT2D eigenvalue weighted by molar-refractivity contribution is -0.133. The third kappa shape index (κ3) is 6.36. The third-order valence-corrected chi connectivity index (χ3v) is 5.49. The average molecular weight is 434 g/mol. The van der Waals surface area contributed by atoms with Gasteiger partial charge < -0.3 is 24.2 Å². The summed E-state index contributed by atoms with van der Waals surface area (Å²) in [5.41, 5.74) is 0.999. The van der Waals surface area contributed by atoms with Crippen LogP contribution in [0.5, 0.6) is 0 Å². The fraction of sp³-hybridized carbons (Fsp3) is 0.667. The van der Waals surface area contributed by atoms with E-state index in [9.17, 15) is 14.4 Å². The van der Waals surface area contributed by atoms with Crippen LogP contribution in [0, 0.1) is 6.92 Å². The Labute approximate surface area is 182 Å². The number of hydrogen-bond donors (Lipinski definition) is 0. The zero-order valence-electron chi connectivity index (χ0n) is 18.3. The van der Waals surface area contributed by atoms with Gasteiger partial charge in [-0.15, -0.1) is 0 Å². The maximum absolute atomic E-state index is 13.0. The fourth-order valence-electron chi connectivity index (χ4n) is 3.72. The molecule has 2 saturated heterocycles. The molecule has 0 spiro atoms.